The van der Waals surface area contributed by atoms with Crippen LogP contribution in [-0.2, 0) is 6.54 Å². The molecule has 2 aromatic heterocycles. The van der Waals surface area contributed by atoms with Gasteiger partial charge in [-0.2, -0.15) is 4.57 Å². The van der Waals surface area contributed by atoms with Gasteiger partial charge in [0.15, 0.2) is 0 Å². The topological polar surface area (TPSA) is 29.1 Å². The lowest BCUT2D eigenvalue weighted by molar-refractivity contribution is -0.665. The number of anilines is 1. The van der Waals surface area contributed by atoms with Gasteiger partial charge < -0.3 is 4.90 Å². The Labute approximate surface area is 227 Å². The van der Waals surface area contributed by atoms with Crippen LogP contribution < -0.4 is 24.2 Å². The van der Waals surface area contributed by atoms with E-state index >= 15 is 0 Å². The zero-order valence-corrected chi connectivity index (χ0v) is 23.1. The number of aryl methyl sites for hydroxylation is 1. The van der Waals surface area contributed by atoms with Crippen LogP contribution >= 0.6 is 34.4 Å². The molecule has 0 spiro atoms. The molecule has 184 valence electrons. The van der Waals surface area contributed by atoms with Crippen LogP contribution in [0, 0.1) is 0 Å². The van der Waals surface area contributed by atoms with E-state index in [1.807, 2.05) is 41.0 Å². The van der Waals surface area contributed by atoms with Gasteiger partial charge >= 0.3 is 0 Å². The number of hydrogen-bond acceptors (Lipinski definition) is 5. The molecule has 3 aromatic carbocycles. The summed E-state index contributed by atoms with van der Waals surface area (Å²) in [6, 6.07) is 26.8. The first-order valence-corrected chi connectivity index (χ1v) is 14.8. The van der Waals surface area contributed by atoms with Crippen LogP contribution in [0.4, 0.5) is 5.69 Å². The molecule has 5 aromatic rings. The van der Waals surface area contributed by atoms with Crippen molar-refractivity contribution in [3.63, 3.8) is 0 Å². The average molecular weight is 541 g/mol. The lowest BCUT2D eigenvalue weighted by Crippen LogP contribution is -2.35. The highest BCUT2D eigenvalue weighted by atomic mass is 32.2. The summed E-state index contributed by atoms with van der Waals surface area (Å²) in [5.74, 6) is 0. The first kappa shape index (κ1) is 24.0. The first-order chi connectivity index (χ1) is 18.2. The van der Waals surface area contributed by atoms with E-state index in [0.717, 1.165) is 38.0 Å². The second kappa shape index (κ2) is 10.2. The van der Waals surface area contributed by atoms with Gasteiger partial charge in [0, 0.05) is 17.5 Å². The number of nitrogens with zero attached hydrogens (tertiary/aromatic N) is 3. The van der Waals surface area contributed by atoms with E-state index in [-0.39, 0.29) is 5.56 Å². The van der Waals surface area contributed by atoms with Crippen LogP contribution in [0.5, 0.6) is 0 Å². The standard InChI is InChI=1S/C30H26N3OS3/c1-3-31-22-14-8-10-16-24(22)35-27(31)19-18-26-30(34)33(21-12-6-5-7-13-21)29(37-26)20-28-32(4-2)23-15-9-11-17-25(23)36-28/h5-20H,3-4H2,1-2H3/q+1/b26-18+,27-19+. The summed E-state index contributed by atoms with van der Waals surface area (Å²) in [6.07, 6.45) is 6.24. The van der Waals surface area contributed by atoms with Crippen LogP contribution in [0.15, 0.2) is 99.7 Å². The van der Waals surface area contributed by atoms with Crippen molar-refractivity contribution in [1.82, 2.24) is 4.57 Å². The monoisotopic (exact) mass is 540 g/mol. The van der Waals surface area contributed by atoms with E-state index in [0.29, 0.717) is 0 Å². The van der Waals surface area contributed by atoms with E-state index < -0.39 is 0 Å². The van der Waals surface area contributed by atoms with Gasteiger partial charge in [-0.05, 0) is 56.3 Å². The van der Waals surface area contributed by atoms with Crippen LogP contribution in [0.1, 0.15) is 18.9 Å². The third kappa shape index (κ3) is 4.37. The molecule has 0 saturated heterocycles. The van der Waals surface area contributed by atoms with Crippen LogP contribution in [0.25, 0.3) is 28.1 Å². The van der Waals surface area contributed by atoms with Gasteiger partial charge in [0.05, 0.1) is 27.0 Å². The van der Waals surface area contributed by atoms with Crippen molar-refractivity contribution in [1.29, 1.82) is 0 Å². The second-order valence-corrected chi connectivity index (χ2v) is 11.7. The molecule has 0 aliphatic carbocycles. The largest absolute Gasteiger partial charge is 0.335 e. The molecule has 1 aliphatic heterocycles. The first-order valence-electron chi connectivity index (χ1n) is 12.3. The van der Waals surface area contributed by atoms with Crippen molar-refractivity contribution < 1.29 is 4.57 Å². The molecule has 0 radical (unpaired) electrons. The van der Waals surface area contributed by atoms with Crippen LogP contribution in [-0.4, -0.2) is 11.1 Å². The highest BCUT2D eigenvalue weighted by Crippen LogP contribution is 2.45. The molecular weight excluding hydrogens is 515 g/mol. The molecule has 4 nitrogen and oxygen atoms in total. The van der Waals surface area contributed by atoms with Crippen molar-refractivity contribution in [2.45, 2.75) is 25.3 Å². The number of aromatic nitrogens is 2. The zero-order valence-electron chi connectivity index (χ0n) is 20.6. The molecule has 37 heavy (non-hydrogen) atoms. The number of benzene rings is 3. The number of allylic oxidation sites excluding steroid dienone is 1. The smallest absolute Gasteiger partial charge is 0.273 e. The maximum absolute atomic E-state index is 13.8. The average Bonchev–Trinajstić information content (AvgIpc) is 3.57. The SMILES string of the molecule is CCN1/C(=C\C=c2\s/c(=C\c3sc4ccccc4[n+]3CC)n(-c3ccccc3)c2=O)Sc2ccccc21. The lowest BCUT2D eigenvalue weighted by atomic mass is 10.3. The van der Waals surface area contributed by atoms with Gasteiger partial charge in [-0.1, -0.05) is 65.6 Å². The van der Waals surface area contributed by atoms with Crippen molar-refractivity contribution in [2.24, 2.45) is 0 Å². The minimum atomic E-state index is 0.00650. The van der Waals surface area contributed by atoms with E-state index in [1.165, 1.54) is 20.8 Å². The van der Waals surface area contributed by atoms with E-state index in [1.54, 1.807) is 34.4 Å². The summed E-state index contributed by atoms with van der Waals surface area (Å²) in [5, 5.41) is 2.28. The summed E-state index contributed by atoms with van der Waals surface area (Å²) in [4.78, 5) is 17.3. The Bertz CT molecular complexity index is 1810. The maximum Gasteiger partial charge on any atom is 0.273 e. The maximum atomic E-state index is 13.8. The molecule has 6 rings (SSSR count). The summed E-state index contributed by atoms with van der Waals surface area (Å²) in [5.41, 5.74) is 3.34. The zero-order chi connectivity index (χ0) is 25.4. The van der Waals surface area contributed by atoms with Crippen molar-refractivity contribution in [3.05, 3.63) is 115 Å². The highest BCUT2D eigenvalue weighted by molar-refractivity contribution is 8.03. The Hall–Kier alpha value is -3.39. The van der Waals surface area contributed by atoms with Gasteiger partial charge in [0.1, 0.15) is 15.9 Å². The number of para-hydroxylation sites is 3. The summed E-state index contributed by atoms with van der Waals surface area (Å²) in [6.45, 7) is 6.07. The Balaban J connectivity index is 1.53. The van der Waals surface area contributed by atoms with Gasteiger partial charge in [-0.3, -0.25) is 9.36 Å². The quantitative estimate of drug-likeness (QED) is 0.276. The fourth-order valence-corrected chi connectivity index (χ4v) is 8.03. The summed E-state index contributed by atoms with van der Waals surface area (Å²) in [7, 11) is 0. The Morgan fingerprint density at radius 1 is 0.865 bits per heavy atom. The molecule has 0 atom stereocenters. The molecule has 0 fully saturated rings. The number of thioether (sulfide) groups is 1. The van der Waals surface area contributed by atoms with Gasteiger partial charge in [0.2, 0.25) is 5.52 Å². The fraction of sp³-hybridized carbons (Fsp3) is 0.133. The minimum absolute atomic E-state index is 0.00650. The van der Waals surface area contributed by atoms with Gasteiger partial charge in [-0.15, -0.1) is 11.3 Å². The summed E-state index contributed by atoms with van der Waals surface area (Å²) < 4.78 is 7.04. The number of hydrogen-bond donors (Lipinski definition) is 0. The van der Waals surface area contributed by atoms with Gasteiger partial charge in [-0.25, -0.2) is 0 Å². The summed E-state index contributed by atoms with van der Waals surface area (Å²) >= 11 is 5.05. The molecule has 3 heterocycles. The molecule has 0 amide bonds. The third-order valence-electron chi connectivity index (χ3n) is 6.39. The Kier molecular flexibility index (Phi) is 6.59. The predicted molar refractivity (Wildman–Crippen MR) is 158 cm³/mol. The highest BCUT2D eigenvalue weighted by Gasteiger charge is 2.23. The number of rotatable bonds is 5. The molecule has 0 N–H and O–H groups in total. The normalized spacial score (nSPS) is 15.3. The van der Waals surface area contributed by atoms with Crippen LogP contribution in [0.3, 0.4) is 0 Å². The number of thiazole rings is 2. The van der Waals surface area contributed by atoms with E-state index in [2.05, 4.69) is 84.0 Å². The van der Waals surface area contributed by atoms with Crippen LogP contribution in [0.2, 0.25) is 0 Å². The number of fused-ring (bicyclic) bond motifs is 2. The van der Waals surface area contributed by atoms with Crippen molar-refractivity contribution in [3.8, 4) is 5.69 Å². The van der Waals surface area contributed by atoms with Crippen molar-refractivity contribution in [2.75, 3.05) is 11.4 Å². The molecule has 0 saturated carbocycles. The fourth-order valence-electron chi connectivity index (χ4n) is 4.68. The van der Waals surface area contributed by atoms with E-state index in [9.17, 15) is 4.79 Å². The molecule has 0 bridgehead atoms. The minimum Gasteiger partial charge on any atom is -0.335 e. The third-order valence-corrected chi connectivity index (χ3v) is 9.68. The Morgan fingerprint density at radius 3 is 2.43 bits per heavy atom. The lowest BCUT2D eigenvalue weighted by Gasteiger charge is -2.17. The van der Waals surface area contributed by atoms with E-state index in [4.69, 9.17) is 0 Å². The van der Waals surface area contributed by atoms with Crippen molar-refractivity contribution >= 4 is 62.5 Å². The van der Waals surface area contributed by atoms with Gasteiger partial charge in [0.25, 0.3) is 10.6 Å². The molecular formula is C30H26N3OS3+. The molecule has 0 unspecified atom stereocenters. The molecule has 7 heteroatoms. The molecule has 1 aliphatic rings. The Morgan fingerprint density at radius 2 is 1.62 bits per heavy atom. The second-order valence-electron chi connectivity index (χ2n) is 8.56. The predicted octanol–water partition coefficient (Wildman–Crippen LogP) is 5.50.